The van der Waals surface area contributed by atoms with Gasteiger partial charge in [-0.1, -0.05) is 27.5 Å². The second kappa shape index (κ2) is 6.24. The maximum absolute atomic E-state index is 13.7. The Morgan fingerprint density at radius 2 is 1.90 bits per heavy atom. The van der Waals surface area contributed by atoms with Crippen molar-refractivity contribution in [3.05, 3.63) is 62.8 Å². The van der Waals surface area contributed by atoms with E-state index in [1.54, 1.807) is 0 Å². The van der Waals surface area contributed by atoms with Crippen molar-refractivity contribution in [1.29, 1.82) is 0 Å². The Hall–Kier alpha value is -1.92. The van der Waals surface area contributed by atoms with E-state index in [1.807, 2.05) is 0 Å². The van der Waals surface area contributed by atoms with Crippen LogP contribution in [0, 0.1) is 5.82 Å². The molecular weight excluding hydrogens is 365 g/mol. The smallest absolute Gasteiger partial charge is 0.335 e. The Balaban J connectivity index is 2.29. The van der Waals surface area contributed by atoms with Crippen molar-refractivity contribution in [2.45, 2.75) is 0 Å². The minimum absolute atomic E-state index is 0.0749. The number of amides is 1. The third kappa shape index (κ3) is 3.80. The predicted octanol–water partition coefficient (Wildman–Crippen LogP) is 4.19. The van der Waals surface area contributed by atoms with E-state index >= 15 is 0 Å². The summed E-state index contributed by atoms with van der Waals surface area (Å²) in [6, 6.07) is 7.87. The summed E-state index contributed by atoms with van der Waals surface area (Å²) in [5.41, 5.74) is -0.0589. The third-order valence-corrected chi connectivity index (χ3v) is 3.29. The molecule has 2 aromatic carbocycles. The minimum Gasteiger partial charge on any atom is -0.478 e. The minimum atomic E-state index is -1.18. The Morgan fingerprint density at radius 1 is 1.19 bits per heavy atom. The first-order valence-electron chi connectivity index (χ1n) is 5.67. The fourth-order valence-electron chi connectivity index (χ4n) is 1.66. The highest BCUT2D eigenvalue weighted by Gasteiger charge is 2.14. The van der Waals surface area contributed by atoms with Gasteiger partial charge in [0.2, 0.25) is 0 Å². The first-order chi connectivity index (χ1) is 9.86. The summed E-state index contributed by atoms with van der Waals surface area (Å²) in [5.74, 6) is -2.57. The molecule has 0 unspecified atom stereocenters. The molecule has 0 saturated carbocycles. The molecule has 0 spiro atoms. The Labute approximate surface area is 132 Å². The molecule has 0 radical (unpaired) electrons. The number of carbonyl (C=O) groups is 2. The average Bonchev–Trinajstić information content (AvgIpc) is 2.37. The van der Waals surface area contributed by atoms with Crippen molar-refractivity contribution in [2.24, 2.45) is 0 Å². The van der Waals surface area contributed by atoms with Gasteiger partial charge >= 0.3 is 5.97 Å². The molecule has 2 aromatic rings. The molecule has 0 heterocycles. The van der Waals surface area contributed by atoms with Crippen LogP contribution in [0.15, 0.2) is 40.9 Å². The van der Waals surface area contributed by atoms with Gasteiger partial charge in [-0.3, -0.25) is 4.79 Å². The highest BCUT2D eigenvalue weighted by molar-refractivity contribution is 9.10. The van der Waals surface area contributed by atoms with Crippen LogP contribution in [0.25, 0.3) is 0 Å². The van der Waals surface area contributed by atoms with Crippen molar-refractivity contribution in [3.63, 3.8) is 0 Å². The van der Waals surface area contributed by atoms with E-state index < -0.39 is 17.7 Å². The monoisotopic (exact) mass is 371 g/mol. The number of carboxylic acids is 1. The largest absolute Gasteiger partial charge is 0.478 e. The zero-order valence-corrected chi connectivity index (χ0v) is 12.7. The number of anilines is 1. The molecule has 0 aliphatic heterocycles. The lowest BCUT2D eigenvalue weighted by molar-refractivity contribution is 0.0696. The van der Waals surface area contributed by atoms with E-state index in [-0.39, 0.29) is 21.8 Å². The second-order valence-electron chi connectivity index (χ2n) is 4.11. The summed E-state index contributed by atoms with van der Waals surface area (Å²) < 4.78 is 14.2. The molecule has 0 bridgehead atoms. The normalized spacial score (nSPS) is 10.2. The molecule has 0 aromatic heterocycles. The van der Waals surface area contributed by atoms with Gasteiger partial charge in [0.25, 0.3) is 5.91 Å². The van der Waals surface area contributed by atoms with Gasteiger partial charge in [-0.25, -0.2) is 9.18 Å². The zero-order valence-electron chi connectivity index (χ0n) is 10.4. The number of carbonyl (C=O) groups excluding carboxylic acids is 1. The fraction of sp³-hybridized carbons (Fsp3) is 0. The first-order valence-corrected chi connectivity index (χ1v) is 6.84. The molecule has 2 rings (SSSR count). The summed E-state index contributed by atoms with van der Waals surface area (Å²) in [7, 11) is 0. The molecule has 0 atom stereocenters. The van der Waals surface area contributed by atoms with Gasteiger partial charge < -0.3 is 10.4 Å². The quantitative estimate of drug-likeness (QED) is 0.849. The predicted molar refractivity (Wildman–Crippen MR) is 80.5 cm³/mol. The maximum atomic E-state index is 13.7. The van der Waals surface area contributed by atoms with Crippen molar-refractivity contribution in [1.82, 2.24) is 0 Å². The zero-order chi connectivity index (χ0) is 15.6. The van der Waals surface area contributed by atoms with Crippen LogP contribution in [0.1, 0.15) is 20.7 Å². The van der Waals surface area contributed by atoms with Crippen LogP contribution >= 0.6 is 27.5 Å². The molecule has 7 heteroatoms. The number of rotatable bonds is 3. The Kier molecular flexibility index (Phi) is 4.59. The second-order valence-corrected chi connectivity index (χ2v) is 5.46. The van der Waals surface area contributed by atoms with Gasteiger partial charge in [0, 0.05) is 15.2 Å². The van der Waals surface area contributed by atoms with Crippen molar-refractivity contribution in [3.8, 4) is 0 Å². The van der Waals surface area contributed by atoms with Crippen LogP contribution in [0.2, 0.25) is 5.02 Å². The van der Waals surface area contributed by atoms with Crippen LogP contribution < -0.4 is 5.32 Å². The SMILES string of the molecule is O=C(O)c1cc(Cl)cc(NC(=O)c2ccc(Br)cc2F)c1. The van der Waals surface area contributed by atoms with Crippen molar-refractivity contribution in [2.75, 3.05) is 5.32 Å². The topological polar surface area (TPSA) is 66.4 Å². The number of hydrogen-bond acceptors (Lipinski definition) is 2. The van der Waals surface area contributed by atoms with E-state index in [1.165, 1.54) is 30.3 Å². The summed E-state index contributed by atoms with van der Waals surface area (Å²) in [5, 5.41) is 11.5. The number of aromatic carboxylic acids is 1. The molecular formula is C14H8BrClFNO3. The molecule has 0 fully saturated rings. The van der Waals surface area contributed by atoms with E-state index in [9.17, 15) is 14.0 Å². The van der Waals surface area contributed by atoms with Gasteiger partial charge in [-0.2, -0.15) is 0 Å². The van der Waals surface area contributed by atoms with Crippen LogP contribution in [-0.4, -0.2) is 17.0 Å². The molecule has 2 N–H and O–H groups in total. The molecule has 21 heavy (non-hydrogen) atoms. The van der Waals surface area contributed by atoms with Crippen LogP contribution in [0.4, 0.5) is 10.1 Å². The van der Waals surface area contributed by atoms with E-state index in [2.05, 4.69) is 21.2 Å². The van der Waals surface area contributed by atoms with Gasteiger partial charge in [0.1, 0.15) is 5.82 Å². The third-order valence-electron chi connectivity index (χ3n) is 2.58. The van der Waals surface area contributed by atoms with Gasteiger partial charge in [-0.15, -0.1) is 0 Å². The van der Waals surface area contributed by atoms with Gasteiger partial charge in [0.05, 0.1) is 11.1 Å². The van der Waals surface area contributed by atoms with Gasteiger partial charge in [-0.05, 0) is 36.4 Å². The molecule has 1 amide bonds. The average molecular weight is 373 g/mol. The van der Waals surface area contributed by atoms with Crippen LogP contribution in [-0.2, 0) is 0 Å². The summed E-state index contributed by atoms with van der Waals surface area (Å²) in [6.07, 6.45) is 0. The molecule has 0 saturated heterocycles. The van der Waals surface area contributed by atoms with Crippen LogP contribution in [0.5, 0.6) is 0 Å². The summed E-state index contributed by atoms with van der Waals surface area (Å²) in [4.78, 5) is 22.9. The first kappa shape index (κ1) is 15.5. The lowest BCUT2D eigenvalue weighted by atomic mass is 10.1. The lowest BCUT2D eigenvalue weighted by Crippen LogP contribution is -2.14. The highest BCUT2D eigenvalue weighted by Crippen LogP contribution is 2.21. The number of benzene rings is 2. The van der Waals surface area contributed by atoms with Crippen LogP contribution in [0.3, 0.4) is 0 Å². The highest BCUT2D eigenvalue weighted by atomic mass is 79.9. The fourth-order valence-corrected chi connectivity index (χ4v) is 2.23. The maximum Gasteiger partial charge on any atom is 0.335 e. The summed E-state index contributed by atoms with van der Waals surface area (Å²) in [6.45, 7) is 0. The molecule has 0 aliphatic rings. The Morgan fingerprint density at radius 3 is 2.52 bits per heavy atom. The number of carboxylic acid groups (broad SMARTS) is 1. The number of halogens is 3. The number of hydrogen-bond donors (Lipinski definition) is 2. The molecule has 4 nitrogen and oxygen atoms in total. The summed E-state index contributed by atoms with van der Waals surface area (Å²) >= 11 is 8.87. The van der Waals surface area contributed by atoms with E-state index in [0.29, 0.717) is 4.47 Å². The lowest BCUT2D eigenvalue weighted by Gasteiger charge is -2.08. The van der Waals surface area contributed by atoms with Crippen molar-refractivity contribution < 1.29 is 19.1 Å². The Bertz CT molecular complexity index is 736. The number of nitrogens with one attached hydrogen (secondary N) is 1. The van der Waals surface area contributed by atoms with E-state index in [4.69, 9.17) is 16.7 Å². The van der Waals surface area contributed by atoms with Crippen molar-refractivity contribution >= 4 is 45.1 Å². The molecule has 0 aliphatic carbocycles. The van der Waals surface area contributed by atoms with Gasteiger partial charge in [0.15, 0.2) is 0 Å². The molecule has 108 valence electrons. The standard InChI is InChI=1S/C14H8BrClFNO3/c15-8-1-2-11(12(17)5-8)13(19)18-10-4-7(14(20)21)3-9(16)6-10/h1-6H,(H,18,19)(H,20,21). The van der Waals surface area contributed by atoms with E-state index in [0.717, 1.165) is 6.07 Å².